The lowest BCUT2D eigenvalue weighted by atomic mass is 9.43. The fraction of sp³-hybridized carbons (Fsp3) is 0.807. The molecule has 0 aliphatic heterocycles. The molecule has 12 heteroatoms. The van der Waals surface area contributed by atoms with E-state index in [0.29, 0.717) is 88.8 Å². The lowest BCUT2D eigenvalue weighted by molar-refractivity contribution is -0.179. The molecule has 3 aromatic rings. The lowest BCUT2D eigenvalue weighted by Crippen LogP contribution is -2.59. The molecule has 0 saturated heterocycles. The van der Waals surface area contributed by atoms with Crippen molar-refractivity contribution in [1.29, 1.82) is 0 Å². The smallest absolute Gasteiger partial charge is 0.0832 e. The van der Waals surface area contributed by atoms with Crippen LogP contribution < -0.4 is 0 Å². The summed E-state index contributed by atoms with van der Waals surface area (Å²) in [7, 11) is 0. The van der Waals surface area contributed by atoms with Crippen molar-refractivity contribution in [2.24, 2.45) is 162 Å². The summed E-state index contributed by atoms with van der Waals surface area (Å²) in [5, 5.41) is 123. The van der Waals surface area contributed by atoms with Crippen LogP contribution in [0.15, 0.2) is 102 Å². The number of benzene rings is 2. The monoisotopic (exact) mass is 1750 g/mol. The Morgan fingerprint density at radius 1 is 0.397 bits per heavy atom. The van der Waals surface area contributed by atoms with E-state index in [0.717, 1.165) is 190 Å². The van der Waals surface area contributed by atoms with Crippen molar-refractivity contribution < 1.29 is 56.2 Å². The largest absolute Gasteiger partial charge is 0.393 e. The molecule has 0 bridgehead atoms. The summed E-state index contributed by atoms with van der Waals surface area (Å²) in [6.07, 6.45) is 45.5. The van der Waals surface area contributed by atoms with Gasteiger partial charge in [0.2, 0.25) is 0 Å². The topological polar surface area (TPSA) is 223 Å². The highest BCUT2D eigenvalue weighted by Gasteiger charge is 2.69. The van der Waals surface area contributed by atoms with Crippen molar-refractivity contribution in [3.05, 3.63) is 118 Å². The molecule has 16 aliphatic rings. The van der Waals surface area contributed by atoms with E-state index in [9.17, 15) is 56.2 Å². The molecule has 11 N–H and O–H groups in total. The molecule has 0 radical (unpaired) electrons. The summed E-state index contributed by atoms with van der Waals surface area (Å²) in [6.45, 7) is 32.4. The van der Waals surface area contributed by atoms with E-state index >= 15 is 0 Å². The van der Waals surface area contributed by atoms with Crippen molar-refractivity contribution in [2.75, 3.05) is 0 Å². The molecule has 15 saturated carbocycles. The molecule has 11 nitrogen and oxygen atoms in total. The number of aryl methyl sites for hydroxylation is 2. The van der Waals surface area contributed by atoms with Gasteiger partial charge >= 0.3 is 0 Å². The van der Waals surface area contributed by atoms with Crippen LogP contribution in [0.2, 0.25) is 0 Å². The molecule has 0 amide bonds. The maximum atomic E-state index is 11.7. The van der Waals surface area contributed by atoms with Gasteiger partial charge in [-0.1, -0.05) is 172 Å². The molecule has 16 aliphatic carbocycles. The number of fused-ring (bicyclic) bond motifs is 20. The van der Waals surface area contributed by atoms with Crippen molar-refractivity contribution in [3.63, 3.8) is 0 Å². The summed E-state index contributed by atoms with van der Waals surface area (Å²) in [5.41, 5.74) is 2.97. The summed E-state index contributed by atoms with van der Waals surface area (Å²) in [6, 6.07) is 25.3. The van der Waals surface area contributed by atoms with Crippen LogP contribution in [-0.2, 0) is 12.8 Å². The Balaban J connectivity index is 0.000000124. The Hall–Kier alpha value is -3.26. The van der Waals surface area contributed by atoms with E-state index in [2.05, 4.69) is 181 Å². The highest BCUT2D eigenvalue weighted by atomic mass is 32.1. The van der Waals surface area contributed by atoms with Gasteiger partial charge in [-0.2, -0.15) is 0 Å². The van der Waals surface area contributed by atoms with Gasteiger partial charge in [0.05, 0.1) is 70.0 Å². The molecule has 0 spiro atoms. The van der Waals surface area contributed by atoms with Gasteiger partial charge in [-0.3, -0.25) is 0 Å². The molecule has 1 unspecified atom stereocenters. The van der Waals surface area contributed by atoms with Gasteiger partial charge in [0.25, 0.3) is 0 Å². The third-order valence-electron chi connectivity index (χ3n) is 43.0. The zero-order chi connectivity index (χ0) is 89.9. The SMILES string of the molecule is CC(C)C/C=C/[C@](C)(O)C1CC[C@H]2[C@@H]3CC=C4C[C@@H](O)CC[C@]4(C)[C@H]3CC[C@]12C.C[C@]12CC[C@H](O)C[C@@H]1[C@@H](O)C[C@@H]1[C@@H]2CC[C@@]2(C)[C@H]1CC[C@@H]2[C@@](C)(O)CC#Cc1cccs1.C[C@]12CC[C@H](O)C[C@@H]1[C@@H](O)C[C@@H]1[C@@H]2CC[C@@]2(C)[C@H]1CC[C@@H]2[C@@](C)(O)CCCc1ccccc1.C[C@]12CC[C@H](O)C[C@@H]1[C@@H](O)C[C@@H]1[C@@H]2CC[C@@]2(C)[C@H]1CC[C@@H]2[C@@](C)(O)CCc1ccccc1. The van der Waals surface area contributed by atoms with Gasteiger partial charge in [-0.25, -0.2) is 0 Å². The average Bonchev–Trinajstić information content (AvgIpc) is 1.42. The van der Waals surface area contributed by atoms with Crippen LogP contribution in [0.25, 0.3) is 0 Å². The predicted molar refractivity (Wildman–Crippen MR) is 510 cm³/mol. The molecule has 2 aromatic carbocycles. The number of aliphatic hydroxyl groups excluding tert-OH is 7. The van der Waals surface area contributed by atoms with Gasteiger partial charge < -0.3 is 56.2 Å². The van der Waals surface area contributed by atoms with Gasteiger partial charge in [0, 0.05) is 6.42 Å². The Labute approximate surface area is 766 Å². The fourth-order valence-electron chi connectivity index (χ4n) is 36.7. The minimum absolute atomic E-state index is 0.117. The van der Waals surface area contributed by atoms with Crippen molar-refractivity contribution >= 4 is 11.3 Å². The van der Waals surface area contributed by atoms with Crippen molar-refractivity contribution in [2.45, 2.75) is 412 Å². The van der Waals surface area contributed by atoms with E-state index in [-0.39, 0.29) is 104 Å². The second kappa shape index (κ2) is 36.8. The molecule has 1 aromatic heterocycles. The zero-order valence-electron chi connectivity index (χ0n) is 80.7. The second-order valence-corrected chi connectivity index (χ2v) is 51.1. The van der Waals surface area contributed by atoms with Crippen LogP contribution in [0.5, 0.6) is 0 Å². The normalized spacial score (nSPS) is 47.1. The minimum Gasteiger partial charge on any atom is -0.393 e. The standard InChI is InChI=1S/C30H46O3.C29H44O3.C28H40O3S.C27H44O2/c1-28-16-13-21(31)18-25(28)26(32)19-22-23-11-12-27(29(23,2)17-14-24(22)28)30(3,33)15-7-10-20-8-5-4-6-9-20;1-27-14-12-20(30)17-24(27)25(31)18-21-22-9-10-26(28(22,2)15-13-23(21)27)29(3,32)16-11-19-7-5-4-6-8-19;1-26-13-10-18(29)16-23(26)24(30)17-20-21-8-9-25(27(21,2)14-11-22(20)26)28(3,31)12-4-6-19-7-5-15-32-19;1-18(2)7-6-14-27(5,29)24-11-10-22-21-9-8-19-17-20(28)12-15-25(19,3)23(21)13-16-26(22,24)4/h4-6,8-9,21-27,31-33H,7,10-19H2,1-3H3;4-8,20-26,30-32H,9-18H2,1-3H3;5,7,15,18,20-25,29-31H,8-14,16-17H2,1-3H3;6,8,14,18,20-24,28-29H,7,9-13,15-17H2,1-5H3/b;;;14-6+/t21-,22-,23-,24-,25+,26-,27-,28+,29-,30-;20-,21-,22-,23-,24+,25-,26-,27+,28-,29-;18-,20-,21-,22-,23+,24-,25-,26+,27-,28-;20-,21-,22-,23-,24?,25-,26-,27-/m0000/s1. The molecule has 38 atom stereocenters. The third kappa shape index (κ3) is 17.8. The third-order valence-corrected chi connectivity index (χ3v) is 43.8. The maximum Gasteiger partial charge on any atom is 0.0832 e. The molecule has 702 valence electrons. The van der Waals surface area contributed by atoms with Crippen molar-refractivity contribution in [3.8, 4) is 11.8 Å². The van der Waals surface area contributed by atoms with Crippen molar-refractivity contribution in [1.82, 2.24) is 0 Å². The quantitative estimate of drug-likeness (QED) is 0.0507. The van der Waals surface area contributed by atoms with Crippen LogP contribution >= 0.6 is 11.3 Å². The van der Waals surface area contributed by atoms with Crippen LogP contribution in [0, 0.1) is 174 Å². The average molecular weight is 1750 g/mol. The summed E-state index contributed by atoms with van der Waals surface area (Å²) in [4.78, 5) is 1.06. The van der Waals surface area contributed by atoms with Gasteiger partial charge in [-0.15, -0.1) is 11.3 Å². The number of rotatable bonds is 15. The van der Waals surface area contributed by atoms with E-state index < -0.39 is 22.4 Å². The Morgan fingerprint density at radius 3 is 1.23 bits per heavy atom. The molecular weight excluding hydrogens is 1580 g/mol. The van der Waals surface area contributed by atoms with Gasteiger partial charge in [0.15, 0.2) is 0 Å². The highest BCUT2D eigenvalue weighted by Crippen LogP contribution is 2.74. The number of thiophene rings is 1. The second-order valence-electron chi connectivity index (χ2n) is 50.1. The Kier molecular flexibility index (Phi) is 28.0. The first-order chi connectivity index (χ1) is 59.5. The summed E-state index contributed by atoms with van der Waals surface area (Å²) < 4.78 is 0. The maximum absolute atomic E-state index is 11.7. The van der Waals surface area contributed by atoms with Crippen LogP contribution in [0.3, 0.4) is 0 Å². The molecular formula is C114H174O11S. The summed E-state index contributed by atoms with van der Waals surface area (Å²) >= 11 is 1.65. The van der Waals surface area contributed by atoms with Crippen LogP contribution in [0.1, 0.15) is 351 Å². The minimum atomic E-state index is -0.782. The first-order valence-electron chi connectivity index (χ1n) is 52.2. The highest BCUT2D eigenvalue weighted by molar-refractivity contribution is 7.10. The Morgan fingerprint density at radius 2 is 0.786 bits per heavy atom. The number of hydrogen-bond donors (Lipinski definition) is 11. The predicted octanol–water partition coefficient (Wildman–Crippen LogP) is 22.6. The van der Waals surface area contributed by atoms with E-state index in [1.807, 2.05) is 24.4 Å². The molecule has 19 rings (SSSR count). The number of aliphatic hydroxyl groups is 11. The van der Waals surface area contributed by atoms with Crippen LogP contribution in [-0.4, -0.2) is 121 Å². The lowest BCUT2D eigenvalue weighted by Gasteiger charge is -2.62. The first-order valence-corrected chi connectivity index (χ1v) is 53.0. The number of allylic oxidation sites excluding steroid dienone is 2. The Bertz CT molecular complexity index is 4250. The summed E-state index contributed by atoms with van der Waals surface area (Å²) in [5.74, 6) is 16.9. The van der Waals surface area contributed by atoms with Gasteiger partial charge in [0.1, 0.15) is 0 Å². The first kappa shape index (κ1) is 95.9. The fourth-order valence-corrected chi connectivity index (χ4v) is 37.3. The van der Waals surface area contributed by atoms with E-state index in [1.54, 1.807) is 16.9 Å². The molecule has 126 heavy (non-hydrogen) atoms. The van der Waals surface area contributed by atoms with Crippen LogP contribution in [0.4, 0.5) is 0 Å². The molecule has 1 heterocycles. The van der Waals surface area contributed by atoms with E-state index in [4.69, 9.17) is 0 Å². The zero-order valence-corrected chi connectivity index (χ0v) is 81.5. The molecule has 15 fully saturated rings. The number of hydrogen-bond acceptors (Lipinski definition) is 12. The van der Waals surface area contributed by atoms with Gasteiger partial charge in [-0.05, 0) is 456 Å². The van der Waals surface area contributed by atoms with E-state index in [1.165, 1.54) is 88.2 Å².